The molecule has 0 aromatic carbocycles. The number of esters is 1. The minimum Gasteiger partial charge on any atom is -0.462 e. The maximum absolute atomic E-state index is 12.1. The fourth-order valence-corrected chi connectivity index (χ4v) is 10.0. The molecule has 0 fully saturated rings. The van der Waals surface area contributed by atoms with Crippen molar-refractivity contribution in [2.45, 2.75) is 72.3 Å². The summed E-state index contributed by atoms with van der Waals surface area (Å²) in [5.41, 5.74) is 1.77. The molecule has 0 aromatic heterocycles. The number of nitrogens with one attached hydrogen (secondary N) is 1. The van der Waals surface area contributed by atoms with Crippen molar-refractivity contribution in [3.05, 3.63) is 22.9 Å². The first-order valence-corrected chi connectivity index (χ1v) is 15.9. The maximum Gasteiger partial charge on any atom is 0.349 e. The number of nitriles is 1. The molecule has 8 heteroatoms. The third kappa shape index (κ3) is 8.73. The standard InChI is InChI=1S/C20H36N2O4Si2/c1-8-25-19(23)18(15-21)16-12-17(14-20(2,3)13-16)22-10-9-11-28(7,24)26-27(4,5)6/h12,22,24H,8-11,13-14H2,1-7H3/b18-16+. The summed E-state index contributed by atoms with van der Waals surface area (Å²) < 4.78 is 11.0. The zero-order valence-electron chi connectivity index (χ0n) is 18.4. The molecule has 0 spiro atoms. The van der Waals surface area contributed by atoms with Gasteiger partial charge in [0.25, 0.3) is 0 Å². The molecule has 0 aliphatic heterocycles. The van der Waals surface area contributed by atoms with Crippen LogP contribution in [0.2, 0.25) is 32.2 Å². The van der Waals surface area contributed by atoms with E-state index < -0.39 is 22.8 Å². The molecule has 1 aliphatic rings. The minimum atomic E-state index is -2.63. The zero-order valence-corrected chi connectivity index (χ0v) is 20.4. The number of hydrogen-bond acceptors (Lipinski definition) is 6. The van der Waals surface area contributed by atoms with Crippen LogP contribution in [0.5, 0.6) is 0 Å². The van der Waals surface area contributed by atoms with Gasteiger partial charge in [-0.2, -0.15) is 5.26 Å². The van der Waals surface area contributed by atoms with Crippen molar-refractivity contribution in [3.8, 4) is 6.07 Å². The van der Waals surface area contributed by atoms with Crippen LogP contribution in [0.1, 0.15) is 40.0 Å². The molecule has 2 N–H and O–H groups in total. The first-order valence-electron chi connectivity index (χ1n) is 9.96. The smallest absolute Gasteiger partial charge is 0.349 e. The van der Waals surface area contributed by atoms with E-state index in [-0.39, 0.29) is 17.6 Å². The average molecular weight is 425 g/mol. The second kappa shape index (κ2) is 9.87. The summed E-state index contributed by atoms with van der Waals surface area (Å²) in [4.78, 5) is 22.6. The molecule has 6 nitrogen and oxygen atoms in total. The highest BCUT2D eigenvalue weighted by molar-refractivity contribution is 6.81. The van der Waals surface area contributed by atoms with E-state index in [2.05, 4.69) is 38.8 Å². The largest absolute Gasteiger partial charge is 0.462 e. The maximum atomic E-state index is 12.1. The van der Waals surface area contributed by atoms with E-state index in [9.17, 15) is 14.9 Å². The van der Waals surface area contributed by atoms with Crippen LogP contribution in [-0.2, 0) is 13.6 Å². The predicted molar refractivity (Wildman–Crippen MR) is 116 cm³/mol. The van der Waals surface area contributed by atoms with Gasteiger partial charge in [0, 0.05) is 12.2 Å². The minimum absolute atomic E-state index is 0.0534. The van der Waals surface area contributed by atoms with Crippen molar-refractivity contribution in [1.82, 2.24) is 5.32 Å². The lowest BCUT2D eigenvalue weighted by atomic mass is 9.76. The number of nitrogens with zero attached hydrogens (tertiary/aromatic N) is 1. The Morgan fingerprint density at radius 1 is 1.32 bits per heavy atom. The van der Waals surface area contributed by atoms with Crippen molar-refractivity contribution < 1.29 is 18.4 Å². The molecule has 158 valence electrons. The van der Waals surface area contributed by atoms with Crippen molar-refractivity contribution in [2.75, 3.05) is 13.2 Å². The van der Waals surface area contributed by atoms with Gasteiger partial charge >= 0.3 is 14.5 Å². The Bertz CT molecular complexity index is 671. The van der Waals surface area contributed by atoms with E-state index in [0.717, 1.165) is 24.1 Å². The molecule has 1 unspecified atom stereocenters. The van der Waals surface area contributed by atoms with Gasteiger partial charge in [-0.05, 0) is 75.5 Å². The van der Waals surface area contributed by atoms with Gasteiger partial charge in [-0.3, -0.25) is 0 Å². The molecule has 0 aromatic rings. The van der Waals surface area contributed by atoms with Crippen LogP contribution in [0.3, 0.4) is 0 Å². The second-order valence-corrected chi connectivity index (χ2v) is 17.2. The number of hydrogen-bond donors (Lipinski definition) is 2. The van der Waals surface area contributed by atoms with E-state index >= 15 is 0 Å². The number of rotatable bonds is 9. The van der Waals surface area contributed by atoms with Crippen LogP contribution >= 0.6 is 0 Å². The average Bonchev–Trinajstić information content (AvgIpc) is 2.49. The monoisotopic (exact) mass is 424 g/mol. The Morgan fingerprint density at radius 3 is 2.50 bits per heavy atom. The summed E-state index contributed by atoms with van der Waals surface area (Å²) in [5, 5.41) is 12.9. The fraction of sp³-hybridized carbons (Fsp3) is 0.700. The Labute approximate surface area is 172 Å². The molecule has 1 aliphatic carbocycles. The molecular weight excluding hydrogens is 388 g/mol. The van der Waals surface area contributed by atoms with Crippen molar-refractivity contribution in [1.29, 1.82) is 5.26 Å². The van der Waals surface area contributed by atoms with Crippen LogP contribution in [-0.4, -0.2) is 40.8 Å². The summed E-state index contributed by atoms with van der Waals surface area (Å²) in [5.74, 6) is -0.557. The van der Waals surface area contributed by atoms with Gasteiger partial charge in [0.15, 0.2) is 8.32 Å². The third-order valence-corrected chi connectivity index (χ3v) is 9.78. The zero-order chi connectivity index (χ0) is 21.6. The molecule has 0 saturated carbocycles. The van der Waals surface area contributed by atoms with E-state index in [4.69, 9.17) is 8.85 Å². The molecule has 28 heavy (non-hydrogen) atoms. The molecule has 0 saturated heterocycles. The summed E-state index contributed by atoms with van der Waals surface area (Å²) in [6.07, 6.45) is 4.22. The Kier molecular flexibility index (Phi) is 8.69. The highest BCUT2D eigenvalue weighted by atomic mass is 28.4. The number of carbonyl (C=O) groups is 1. The summed E-state index contributed by atoms with van der Waals surface area (Å²) in [6.45, 7) is 15.1. The first kappa shape index (κ1) is 24.6. The van der Waals surface area contributed by atoms with Gasteiger partial charge in [0.05, 0.1) is 6.61 Å². The fourth-order valence-electron chi connectivity index (χ4n) is 3.51. The van der Waals surface area contributed by atoms with Gasteiger partial charge < -0.3 is 19.0 Å². The number of allylic oxidation sites excluding steroid dienone is 3. The van der Waals surface area contributed by atoms with Crippen LogP contribution in [0.25, 0.3) is 0 Å². The molecule has 0 heterocycles. The molecular formula is C20H36N2O4Si2. The lowest BCUT2D eigenvalue weighted by Crippen LogP contribution is -2.45. The lowest BCUT2D eigenvalue weighted by Gasteiger charge is -2.32. The van der Waals surface area contributed by atoms with Gasteiger partial charge in [-0.15, -0.1) is 0 Å². The second-order valence-electron chi connectivity index (χ2n) is 9.34. The molecule has 1 rings (SSSR count). The molecule has 0 radical (unpaired) electrons. The van der Waals surface area contributed by atoms with Crippen LogP contribution in [0.4, 0.5) is 0 Å². The van der Waals surface area contributed by atoms with Crippen molar-refractivity contribution in [2.24, 2.45) is 5.41 Å². The summed E-state index contributed by atoms with van der Waals surface area (Å²) in [6, 6.07) is 2.69. The van der Waals surface area contributed by atoms with E-state index in [1.165, 1.54) is 0 Å². The normalized spacial score (nSPS) is 20.5. The summed E-state index contributed by atoms with van der Waals surface area (Å²) >= 11 is 0. The third-order valence-electron chi connectivity index (χ3n) is 4.29. The summed E-state index contributed by atoms with van der Waals surface area (Å²) in [7, 11) is -4.37. The van der Waals surface area contributed by atoms with Crippen LogP contribution in [0, 0.1) is 16.7 Å². The topological polar surface area (TPSA) is 91.6 Å². The van der Waals surface area contributed by atoms with Crippen LogP contribution < -0.4 is 5.32 Å². The predicted octanol–water partition coefficient (Wildman–Crippen LogP) is 3.97. The van der Waals surface area contributed by atoms with Gasteiger partial charge in [0.1, 0.15) is 11.6 Å². The van der Waals surface area contributed by atoms with E-state index in [1.54, 1.807) is 6.92 Å². The molecule has 0 amide bonds. The Hall–Kier alpha value is -1.41. The highest BCUT2D eigenvalue weighted by Crippen LogP contribution is 2.38. The number of carbonyl (C=O) groups excluding carboxylic acids is 1. The van der Waals surface area contributed by atoms with Crippen LogP contribution in [0.15, 0.2) is 22.9 Å². The Balaban J connectivity index is 2.80. The van der Waals surface area contributed by atoms with Crippen molar-refractivity contribution >= 4 is 22.8 Å². The van der Waals surface area contributed by atoms with E-state index in [1.807, 2.05) is 18.7 Å². The highest BCUT2D eigenvalue weighted by Gasteiger charge is 2.33. The SMILES string of the molecule is CCOC(=O)/C(C#N)=C1\C=C(NCCC[Si](C)(O)O[Si](C)(C)C)CC(C)(C)C1. The number of ether oxygens (including phenoxy) is 1. The van der Waals surface area contributed by atoms with Gasteiger partial charge in [-0.25, -0.2) is 4.79 Å². The molecule has 1 atom stereocenters. The quantitative estimate of drug-likeness (QED) is 0.191. The first-order chi connectivity index (χ1) is 12.8. The van der Waals surface area contributed by atoms with Crippen molar-refractivity contribution in [3.63, 3.8) is 0 Å². The van der Waals surface area contributed by atoms with Gasteiger partial charge in [0.2, 0.25) is 0 Å². The van der Waals surface area contributed by atoms with Gasteiger partial charge in [-0.1, -0.05) is 13.8 Å². The van der Waals surface area contributed by atoms with E-state index in [0.29, 0.717) is 19.0 Å². The lowest BCUT2D eigenvalue weighted by molar-refractivity contribution is -0.138. The molecule has 0 bridgehead atoms. The Morgan fingerprint density at radius 2 is 1.96 bits per heavy atom.